The second-order valence-electron chi connectivity index (χ2n) is 10.5. The van der Waals surface area contributed by atoms with Gasteiger partial charge in [-0.3, -0.25) is 14.8 Å². The zero-order valence-corrected chi connectivity index (χ0v) is 24.5. The number of nitrogens with zero attached hydrogens (tertiary/aromatic N) is 3. The predicted octanol–water partition coefficient (Wildman–Crippen LogP) is 7.67. The van der Waals surface area contributed by atoms with Gasteiger partial charge in [-0.15, -0.1) is 0 Å². The van der Waals surface area contributed by atoms with E-state index >= 15 is 0 Å². The van der Waals surface area contributed by atoms with Crippen LogP contribution in [0.1, 0.15) is 29.0 Å². The first kappa shape index (κ1) is 28.0. The van der Waals surface area contributed by atoms with Crippen LogP contribution in [0.2, 0.25) is 15.1 Å². The molecule has 2 N–H and O–H groups in total. The van der Waals surface area contributed by atoms with E-state index in [0.717, 1.165) is 53.1 Å². The molecular formula is C32H29Cl3N4O2. The number of carbonyl (C=O) groups excluding carboxylic acids is 1. The maximum Gasteiger partial charge on any atom is 0.326 e. The molecule has 1 aromatic heterocycles. The molecule has 1 fully saturated rings. The van der Waals surface area contributed by atoms with Crippen LogP contribution in [0.5, 0.6) is 0 Å². The average molecular weight is 608 g/mol. The van der Waals surface area contributed by atoms with E-state index in [1.807, 2.05) is 36.5 Å². The van der Waals surface area contributed by atoms with E-state index in [1.54, 1.807) is 29.3 Å². The third-order valence-electron chi connectivity index (χ3n) is 8.01. The monoisotopic (exact) mass is 606 g/mol. The van der Waals surface area contributed by atoms with E-state index in [9.17, 15) is 9.90 Å². The fourth-order valence-corrected chi connectivity index (χ4v) is 6.95. The minimum absolute atomic E-state index is 0.105. The van der Waals surface area contributed by atoms with Gasteiger partial charge in [-0.1, -0.05) is 71.2 Å². The number of anilines is 2. The van der Waals surface area contributed by atoms with Gasteiger partial charge in [-0.2, -0.15) is 0 Å². The van der Waals surface area contributed by atoms with Crippen molar-refractivity contribution in [3.05, 3.63) is 111 Å². The number of aliphatic hydroxyl groups is 1. The Kier molecular flexibility index (Phi) is 8.20. The molecule has 41 heavy (non-hydrogen) atoms. The lowest BCUT2D eigenvalue weighted by Crippen LogP contribution is -2.42. The summed E-state index contributed by atoms with van der Waals surface area (Å²) in [4.78, 5) is 21.7. The third-order valence-corrected chi connectivity index (χ3v) is 8.95. The first-order valence-electron chi connectivity index (χ1n) is 13.6. The number of likely N-dealkylation sites (tertiary alicyclic amines) is 1. The number of carbonyl (C=O) groups is 1. The van der Waals surface area contributed by atoms with Gasteiger partial charge in [0.1, 0.15) is 0 Å². The first-order chi connectivity index (χ1) is 19.9. The van der Waals surface area contributed by atoms with Crippen LogP contribution in [0.25, 0.3) is 11.1 Å². The standard InChI is InChI=1S/C32H29Cl3N4O2/c33-27-7-2-1-6-23(27)24-13-22(26-19-38(18-21(26)10-12-40)17-20-5-4-11-36-15-20)14-30-25(24)16-37-32(41)39(30)31-28(34)8-3-9-29(31)35/h1-9,11,13-15,21,26,40H,10,12,16-19H2,(H,37,41). The second-order valence-corrected chi connectivity index (χ2v) is 11.8. The Balaban J connectivity index is 1.50. The molecule has 9 heteroatoms. The van der Waals surface area contributed by atoms with E-state index in [-0.39, 0.29) is 24.5 Å². The van der Waals surface area contributed by atoms with Gasteiger partial charge in [0.2, 0.25) is 0 Å². The van der Waals surface area contributed by atoms with Crippen molar-refractivity contribution < 1.29 is 9.90 Å². The molecule has 0 aliphatic carbocycles. The molecule has 2 amide bonds. The third kappa shape index (κ3) is 5.55. The van der Waals surface area contributed by atoms with Gasteiger partial charge >= 0.3 is 6.03 Å². The number of para-hydroxylation sites is 1. The van der Waals surface area contributed by atoms with Crippen molar-refractivity contribution in [3.63, 3.8) is 0 Å². The lowest BCUT2D eigenvalue weighted by molar-refractivity contribution is 0.246. The Morgan fingerprint density at radius 1 is 0.927 bits per heavy atom. The van der Waals surface area contributed by atoms with E-state index < -0.39 is 0 Å². The summed E-state index contributed by atoms with van der Waals surface area (Å²) in [6.07, 6.45) is 4.35. The molecular weight excluding hydrogens is 579 g/mol. The number of fused-ring (bicyclic) bond motifs is 1. The van der Waals surface area contributed by atoms with Crippen LogP contribution in [-0.4, -0.2) is 40.7 Å². The highest BCUT2D eigenvalue weighted by Crippen LogP contribution is 2.47. The Morgan fingerprint density at radius 3 is 2.44 bits per heavy atom. The maximum atomic E-state index is 13.5. The van der Waals surface area contributed by atoms with Gasteiger partial charge in [-0.05, 0) is 59.4 Å². The van der Waals surface area contributed by atoms with Crippen LogP contribution < -0.4 is 10.2 Å². The zero-order valence-electron chi connectivity index (χ0n) is 22.2. The van der Waals surface area contributed by atoms with Crippen LogP contribution in [0.4, 0.5) is 16.2 Å². The van der Waals surface area contributed by atoms with Gasteiger partial charge in [0, 0.05) is 67.2 Å². The minimum Gasteiger partial charge on any atom is -0.396 e. The minimum atomic E-state index is -0.300. The Morgan fingerprint density at radius 2 is 1.71 bits per heavy atom. The van der Waals surface area contributed by atoms with E-state index in [1.165, 1.54) is 0 Å². The van der Waals surface area contributed by atoms with Crippen LogP contribution in [0, 0.1) is 5.92 Å². The van der Waals surface area contributed by atoms with Gasteiger partial charge in [0.25, 0.3) is 0 Å². The highest BCUT2D eigenvalue weighted by atomic mass is 35.5. The molecule has 1 saturated heterocycles. The van der Waals surface area contributed by atoms with Gasteiger partial charge in [0.05, 0.1) is 21.4 Å². The number of hydrogen-bond donors (Lipinski definition) is 2. The van der Waals surface area contributed by atoms with E-state index in [0.29, 0.717) is 33.7 Å². The van der Waals surface area contributed by atoms with E-state index in [2.05, 4.69) is 33.4 Å². The molecule has 4 aromatic rings. The summed E-state index contributed by atoms with van der Waals surface area (Å²) in [6.45, 7) is 2.87. The van der Waals surface area contributed by atoms with Crippen molar-refractivity contribution in [2.45, 2.75) is 25.4 Å². The molecule has 2 aliphatic rings. The number of aliphatic hydroxyl groups excluding tert-OH is 1. The molecule has 6 nitrogen and oxygen atoms in total. The lowest BCUT2D eigenvalue weighted by atomic mass is 9.83. The normalized spacial score (nSPS) is 18.8. The number of benzene rings is 3. The SMILES string of the molecule is O=C1NCc2c(-c3ccccc3Cl)cc(C3CN(Cc4cccnc4)CC3CCO)cc2N1c1c(Cl)cccc1Cl. The van der Waals surface area contributed by atoms with Crippen molar-refractivity contribution in [1.29, 1.82) is 0 Å². The molecule has 0 saturated carbocycles. The van der Waals surface area contributed by atoms with Gasteiger partial charge < -0.3 is 10.4 Å². The topological polar surface area (TPSA) is 68.7 Å². The number of rotatable bonds is 7. The average Bonchev–Trinajstić information content (AvgIpc) is 3.36. The molecule has 0 radical (unpaired) electrons. The highest BCUT2D eigenvalue weighted by Gasteiger charge is 2.37. The van der Waals surface area contributed by atoms with Gasteiger partial charge in [-0.25, -0.2) is 4.79 Å². The van der Waals surface area contributed by atoms with E-state index in [4.69, 9.17) is 34.8 Å². The van der Waals surface area contributed by atoms with Crippen LogP contribution in [-0.2, 0) is 13.1 Å². The highest BCUT2D eigenvalue weighted by molar-refractivity contribution is 6.40. The number of amides is 2. The predicted molar refractivity (Wildman–Crippen MR) is 165 cm³/mol. The molecule has 0 bridgehead atoms. The summed E-state index contributed by atoms with van der Waals surface area (Å²) in [5.41, 5.74) is 6.16. The fraction of sp³-hybridized carbons (Fsp3) is 0.250. The van der Waals surface area contributed by atoms with Crippen LogP contribution in [0.3, 0.4) is 0 Å². The molecule has 2 unspecified atom stereocenters. The van der Waals surface area contributed by atoms with Crippen LogP contribution >= 0.6 is 34.8 Å². The zero-order chi connectivity index (χ0) is 28.5. The molecule has 2 aliphatic heterocycles. The number of pyridine rings is 1. The Bertz CT molecular complexity index is 1560. The second kappa shape index (κ2) is 12.0. The summed E-state index contributed by atoms with van der Waals surface area (Å²) in [6, 6.07) is 21.0. The molecule has 6 rings (SSSR count). The molecule has 3 heterocycles. The summed E-state index contributed by atoms with van der Waals surface area (Å²) in [5, 5.41) is 14.4. The van der Waals surface area contributed by atoms with Gasteiger partial charge in [0.15, 0.2) is 0 Å². The summed E-state index contributed by atoms with van der Waals surface area (Å²) < 4.78 is 0. The van der Waals surface area contributed by atoms with Crippen molar-refractivity contribution in [2.24, 2.45) is 5.92 Å². The quantitative estimate of drug-likeness (QED) is 0.226. The van der Waals surface area contributed by atoms with Crippen molar-refractivity contribution in [2.75, 3.05) is 24.6 Å². The largest absolute Gasteiger partial charge is 0.396 e. The molecule has 2 atom stereocenters. The maximum absolute atomic E-state index is 13.5. The number of halogens is 3. The fourth-order valence-electron chi connectivity index (χ4n) is 6.15. The number of urea groups is 1. The lowest BCUT2D eigenvalue weighted by Gasteiger charge is -2.34. The molecule has 3 aromatic carbocycles. The summed E-state index contributed by atoms with van der Waals surface area (Å²) in [7, 11) is 0. The summed E-state index contributed by atoms with van der Waals surface area (Å²) >= 11 is 20.0. The Hall–Kier alpha value is -3.13. The first-order valence-corrected chi connectivity index (χ1v) is 14.7. The van der Waals surface area contributed by atoms with Crippen molar-refractivity contribution >= 4 is 52.2 Å². The Labute approximate surface area is 254 Å². The number of hydrogen-bond acceptors (Lipinski definition) is 4. The smallest absolute Gasteiger partial charge is 0.326 e. The summed E-state index contributed by atoms with van der Waals surface area (Å²) in [5.74, 6) is 0.350. The van der Waals surface area contributed by atoms with Crippen molar-refractivity contribution in [1.82, 2.24) is 15.2 Å². The van der Waals surface area contributed by atoms with Crippen LogP contribution in [0.15, 0.2) is 79.1 Å². The molecule has 0 spiro atoms. The number of nitrogens with one attached hydrogen (secondary N) is 1. The van der Waals surface area contributed by atoms with Crippen molar-refractivity contribution in [3.8, 4) is 11.1 Å². The molecule has 210 valence electrons. The number of aromatic nitrogens is 1.